The van der Waals surface area contributed by atoms with Crippen LogP contribution in [0.3, 0.4) is 0 Å². The van der Waals surface area contributed by atoms with E-state index in [9.17, 15) is 4.79 Å². The summed E-state index contributed by atoms with van der Waals surface area (Å²) in [5.74, 6) is 3.84. The van der Waals surface area contributed by atoms with E-state index in [1.165, 1.54) is 24.3 Å². The Bertz CT molecular complexity index is 227. The van der Waals surface area contributed by atoms with Gasteiger partial charge in [0.2, 0.25) is 5.91 Å². The second kappa shape index (κ2) is 7.98. The standard InChI is InChI=1S/C13H26N2OS/c1-10(2)7-12(8-14)13(16)15-9-11-3-5-17-6-4-11/h10-12H,3-9,14H2,1-2H3,(H,15,16). The van der Waals surface area contributed by atoms with Crippen molar-refractivity contribution in [3.8, 4) is 0 Å². The van der Waals surface area contributed by atoms with Crippen molar-refractivity contribution < 1.29 is 4.79 Å². The molecule has 1 atom stereocenters. The van der Waals surface area contributed by atoms with Gasteiger partial charge in [0, 0.05) is 13.1 Å². The Morgan fingerprint density at radius 3 is 2.59 bits per heavy atom. The number of carbonyl (C=O) groups excluding carboxylic acids is 1. The summed E-state index contributed by atoms with van der Waals surface area (Å²) < 4.78 is 0. The van der Waals surface area contributed by atoms with Crippen LogP contribution in [0.1, 0.15) is 33.1 Å². The van der Waals surface area contributed by atoms with Crippen LogP contribution in [-0.4, -0.2) is 30.5 Å². The van der Waals surface area contributed by atoms with Gasteiger partial charge in [-0.15, -0.1) is 0 Å². The van der Waals surface area contributed by atoms with Crippen molar-refractivity contribution in [1.82, 2.24) is 5.32 Å². The van der Waals surface area contributed by atoms with Crippen molar-refractivity contribution in [2.24, 2.45) is 23.5 Å². The highest BCUT2D eigenvalue weighted by Crippen LogP contribution is 2.22. The normalized spacial score (nSPS) is 19.3. The first-order chi connectivity index (χ1) is 8.13. The lowest BCUT2D eigenvalue weighted by atomic mass is 9.96. The lowest BCUT2D eigenvalue weighted by molar-refractivity contribution is -0.125. The smallest absolute Gasteiger partial charge is 0.224 e. The number of hydrogen-bond donors (Lipinski definition) is 2. The Labute approximate surface area is 109 Å². The van der Waals surface area contributed by atoms with E-state index in [0.717, 1.165) is 13.0 Å². The molecular weight excluding hydrogens is 232 g/mol. The van der Waals surface area contributed by atoms with E-state index in [1.54, 1.807) is 0 Å². The minimum Gasteiger partial charge on any atom is -0.356 e. The number of thioether (sulfide) groups is 1. The van der Waals surface area contributed by atoms with Gasteiger partial charge in [-0.25, -0.2) is 0 Å². The van der Waals surface area contributed by atoms with Gasteiger partial charge in [0.15, 0.2) is 0 Å². The molecule has 1 saturated heterocycles. The quantitative estimate of drug-likeness (QED) is 0.764. The third-order valence-corrected chi connectivity index (χ3v) is 4.37. The first-order valence-electron chi connectivity index (χ1n) is 6.69. The van der Waals surface area contributed by atoms with Gasteiger partial charge >= 0.3 is 0 Å². The molecule has 0 aromatic rings. The van der Waals surface area contributed by atoms with Crippen LogP contribution in [0.2, 0.25) is 0 Å². The minimum absolute atomic E-state index is 0.00651. The molecule has 1 amide bonds. The Morgan fingerprint density at radius 2 is 2.06 bits per heavy atom. The number of amides is 1. The number of nitrogens with one attached hydrogen (secondary N) is 1. The molecule has 1 rings (SSSR count). The summed E-state index contributed by atoms with van der Waals surface area (Å²) >= 11 is 2.02. The van der Waals surface area contributed by atoms with Gasteiger partial charge in [0.25, 0.3) is 0 Å². The third-order valence-electron chi connectivity index (χ3n) is 3.32. The molecule has 1 aliphatic rings. The van der Waals surface area contributed by atoms with Crippen LogP contribution < -0.4 is 11.1 Å². The van der Waals surface area contributed by atoms with Crippen LogP contribution in [-0.2, 0) is 4.79 Å². The number of carbonyl (C=O) groups is 1. The first kappa shape index (κ1) is 14.8. The molecule has 0 bridgehead atoms. The number of rotatable bonds is 6. The zero-order chi connectivity index (χ0) is 12.7. The third kappa shape index (κ3) is 5.77. The second-order valence-electron chi connectivity index (χ2n) is 5.36. The molecule has 17 heavy (non-hydrogen) atoms. The van der Waals surface area contributed by atoms with Crippen molar-refractivity contribution >= 4 is 17.7 Å². The van der Waals surface area contributed by atoms with Crippen molar-refractivity contribution in [1.29, 1.82) is 0 Å². The maximum absolute atomic E-state index is 12.0. The van der Waals surface area contributed by atoms with Crippen LogP contribution in [0.15, 0.2) is 0 Å². The van der Waals surface area contributed by atoms with Crippen molar-refractivity contribution in [2.45, 2.75) is 33.1 Å². The van der Waals surface area contributed by atoms with Gasteiger partial charge in [-0.1, -0.05) is 13.8 Å². The molecule has 0 aliphatic carbocycles. The molecule has 3 N–H and O–H groups in total. The zero-order valence-electron chi connectivity index (χ0n) is 11.1. The Morgan fingerprint density at radius 1 is 1.41 bits per heavy atom. The highest BCUT2D eigenvalue weighted by Gasteiger charge is 2.20. The zero-order valence-corrected chi connectivity index (χ0v) is 11.9. The van der Waals surface area contributed by atoms with Crippen LogP contribution in [0.25, 0.3) is 0 Å². The molecule has 1 fully saturated rings. The fraction of sp³-hybridized carbons (Fsp3) is 0.923. The van der Waals surface area contributed by atoms with Gasteiger partial charge in [-0.2, -0.15) is 11.8 Å². The molecular formula is C13H26N2OS. The van der Waals surface area contributed by atoms with Crippen LogP contribution in [0.5, 0.6) is 0 Å². The van der Waals surface area contributed by atoms with Gasteiger partial charge in [0.05, 0.1) is 5.92 Å². The van der Waals surface area contributed by atoms with Gasteiger partial charge in [-0.3, -0.25) is 4.79 Å². The van der Waals surface area contributed by atoms with E-state index in [2.05, 4.69) is 19.2 Å². The van der Waals surface area contributed by atoms with E-state index in [0.29, 0.717) is 18.4 Å². The topological polar surface area (TPSA) is 55.1 Å². The minimum atomic E-state index is -0.00651. The Kier molecular flexibility index (Phi) is 6.97. The van der Waals surface area contributed by atoms with Crippen LogP contribution in [0, 0.1) is 17.8 Å². The van der Waals surface area contributed by atoms with Crippen molar-refractivity contribution in [2.75, 3.05) is 24.6 Å². The average Bonchev–Trinajstić information content (AvgIpc) is 2.34. The highest BCUT2D eigenvalue weighted by atomic mass is 32.2. The summed E-state index contributed by atoms with van der Waals surface area (Å²) in [4.78, 5) is 12.0. The predicted molar refractivity (Wildman–Crippen MR) is 75.1 cm³/mol. The van der Waals surface area contributed by atoms with Gasteiger partial charge in [-0.05, 0) is 42.6 Å². The largest absolute Gasteiger partial charge is 0.356 e. The summed E-state index contributed by atoms with van der Waals surface area (Å²) in [5, 5.41) is 3.08. The second-order valence-corrected chi connectivity index (χ2v) is 6.59. The fourth-order valence-corrected chi connectivity index (χ4v) is 3.42. The predicted octanol–water partition coefficient (Wildman–Crippen LogP) is 1.87. The molecule has 4 heteroatoms. The van der Waals surface area contributed by atoms with Gasteiger partial charge in [0.1, 0.15) is 0 Å². The SMILES string of the molecule is CC(C)CC(CN)C(=O)NCC1CCSCC1. The van der Waals surface area contributed by atoms with Crippen molar-refractivity contribution in [3.05, 3.63) is 0 Å². The maximum Gasteiger partial charge on any atom is 0.224 e. The molecule has 0 spiro atoms. The fourth-order valence-electron chi connectivity index (χ4n) is 2.22. The molecule has 1 heterocycles. The maximum atomic E-state index is 12.0. The van der Waals surface area contributed by atoms with E-state index >= 15 is 0 Å². The molecule has 0 radical (unpaired) electrons. The molecule has 0 aromatic carbocycles. The van der Waals surface area contributed by atoms with E-state index in [4.69, 9.17) is 5.73 Å². The molecule has 0 saturated carbocycles. The molecule has 1 unspecified atom stereocenters. The number of hydrogen-bond acceptors (Lipinski definition) is 3. The Balaban J connectivity index is 2.26. The summed E-state index contributed by atoms with van der Waals surface area (Å²) in [6, 6.07) is 0. The van der Waals surface area contributed by atoms with E-state index in [1.807, 2.05) is 11.8 Å². The van der Waals surface area contributed by atoms with E-state index in [-0.39, 0.29) is 11.8 Å². The van der Waals surface area contributed by atoms with Crippen LogP contribution in [0.4, 0.5) is 0 Å². The Hall–Kier alpha value is -0.220. The average molecular weight is 258 g/mol. The molecule has 1 aliphatic heterocycles. The highest BCUT2D eigenvalue weighted by molar-refractivity contribution is 7.99. The monoisotopic (exact) mass is 258 g/mol. The summed E-state index contributed by atoms with van der Waals surface area (Å²) in [5.41, 5.74) is 5.67. The van der Waals surface area contributed by atoms with E-state index < -0.39 is 0 Å². The number of nitrogens with two attached hydrogens (primary N) is 1. The van der Waals surface area contributed by atoms with Crippen LogP contribution >= 0.6 is 11.8 Å². The summed E-state index contributed by atoms with van der Waals surface area (Å²) in [6.45, 7) is 5.57. The molecule has 100 valence electrons. The lowest BCUT2D eigenvalue weighted by Crippen LogP contribution is -2.38. The summed E-state index contributed by atoms with van der Waals surface area (Å²) in [7, 11) is 0. The lowest BCUT2D eigenvalue weighted by Gasteiger charge is -2.23. The van der Waals surface area contributed by atoms with Crippen molar-refractivity contribution in [3.63, 3.8) is 0 Å². The molecule has 0 aromatic heterocycles. The first-order valence-corrected chi connectivity index (χ1v) is 7.84. The molecule has 3 nitrogen and oxygen atoms in total. The van der Waals surface area contributed by atoms with Gasteiger partial charge < -0.3 is 11.1 Å². The summed E-state index contributed by atoms with van der Waals surface area (Å²) in [6.07, 6.45) is 3.37.